The van der Waals surface area contributed by atoms with Gasteiger partial charge in [0, 0.05) is 0 Å². The van der Waals surface area contributed by atoms with Crippen molar-refractivity contribution >= 4 is 74.3 Å². The minimum absolute atomic E-state index is 0. The molecule has 0 fully saturated rings. The normalized spacial score (nSPS) is 11.3. The van der Waals surface area contributed by atoms with Gasteiger partial charge in [-0.25, -0.2) is 0 Å². The van der Waals surface area contributed by atoms with Crippen molar-refractivity contribution in [1.82, 2.24) is 0 Å². The third kappa shape index (κ3) is 18.9. The Balaban J connectivity index is -0.000000320. The van der Waals surface area contributed by atoms with Crippen LogP contribution in [0, 0.1) is 0 Å². The summed E-state index contributed by atoms with van der Waals surface area (Å²) in [6.07, 6.45) is 0. The van der Waals surface area contributed by atoms with Crippen LogP contribution in [-0.2, 0) is 9.13 Å². The van der Waals surface area contributed by atoms with Crippen molar-refractivity contribution in [2.24, 2.45) is 0 Å². The van der Waals surface area contributed by atoms with E-state index in [0.29, 0.717) is 0 Å². The molecule has 0 amide bonds. The van der Waals surface area contributed by atoms with Crippen LogP contribution in [0.25, 0.3) is 0 Å². The molecule has 6 nitrogen and oxygen atoms in total. The van der Waals surface area contributed by atoms with E-state index < -0.39 is 21.1 Å². The predicted octanol–water partition coefficient (Wildman–Crippen LogP) is -2.00. The average Bonchev–Trinajstić information content (AvgIpc) is 1.14. The Kier molecular flexibility index (Phi) is 11.6. The molecule has 60 valence electrons. The molecular weight excluding hydrogens is 216 g/mol. The van der Waals surface area contributed by atoms with E-state index in [1.165, 1.54) is 0 Å². The third-order valence-corrected chi connectivity index (χ3v) is 3.32. The first-order valence-corrected chi connectivity index (χ1v) is 5.39. The number of hydrogen-bond donors (Lipinski definition) is 4. The molecule has 0 saturated heterocycles. The molecule has 4 N–H and O–H groups in total. The molecule has 0 radical (unpaired) electrons. The molecule has 0 spiro atoms. The molecule has 0 aromatic carbocycles. The Morgan fingerprint density at radius 2 is 1.00 bits per heavy atom. The minimum atomic E-state index is -4.55. The molecule has 0 heterocycles. The van der Waals surface area contributed by atoms with Gasteiger partial charge >= 0.3 is 74.3 Å². The van der Waals surface area contributed by atoms with Gasteiger partial charge in [0.25, 0.3) is 0 Å². The molecule has 0 aromatic rings. The summed E-state index contributed by atoms with van der Waals surface area (Å²) in [6.45, 7) is 0. The first-order valence-electron chi connectivity index (χ1n) is 1.80. The molecule has 0 atom stereocenters. The van der Waals surface area contributed by atoms with E-state index in [-0.39, 0.29) is 59.1 Å². The SMILES string of the molecule is O=P(O)(O)CP(=O)(O)O.[NaH].[NaH]. The number of hydrogen-bond acceptors (Lipinski definition) is 2. The van der Waals surface area contributed by atoms with Gasteiger partial charge in [-0.2, -0.15) is 0 Å². The van der Waals surface area contributed by atoms with E-state index in [1.54, 1.807) is 0 Å². The molecule has 0 bridgehead atoms. The van der Waals surface area contributed by atoms with Crippen molar-refractivity contribution in [3.63, 3.8) is 0 Å². The summed E-state index contributed by atoms with van der Waals surface area (Å²) < 4.78 is 19.7. The average molecular weight is 224 g/mol. The van der Waals surface area contributed by atoms with Crippen LogP contribution in [-0.4, -0.2) is 84.6 Å². The maximum atomic E-state index is 9.85. The monoisotopic (exact) mass is 224 g/mol. The quantitative estimate of drug-likeness (QED) is 0.318. The van der Waals surface area contributed by atoms with Gasteiger partial charge in [0.1, 0.15) is 0 Å². The molecule has 0 rings (SSSR count). The Bertz CT molecular complexity index is 159. The summed E-state index contributed by atoms with van der Waals surface area (Å²) in [4.78, 5) is 31.9. The van der Waals surface area contributed by atoms with E-state index in [1.807, 2.05) is 0 Å². The van der Waals surface area contributed by atoms with Crippen LogP contribution in [0.15, 0.2) is 0 Å². The second kappa shape index (κ2) is 6.71. The molecule has 0 aromatic heterocycles. The van der Waals surface area contributed by atoms with Crippen molar-refractivity contribution in [1.29, 1.82) is 0 Å². The van der Waals surface area contributed by atoms with Gasteiger partial charge < -0.3 is 19.6 Å². The fourth-order valence-corrected chi connectivity index (χ4v) is 2.16. The van der Waals surface area contributed by atoms with Crippen molar-refractivity contribution in [3.05, 3.63) is 0 Å². The van der Waals surface area contributed by atoms with Gasteiger partial charge in [0.05, 0.1) is 0 Å². The summed E-state index contributed by atoms with van der Waals surface area (Å²) in [6, 6.07) is 0. The van der Waals surface area contributed by atoms with E-state index >= 15 is 0 Å². The van der Waals surface area contributed by atoms with Crippen LogP contribution < -0.4 is 0 Å². The van der Waals surface area contributed by atoms with Gasteiger partial charge in [-0.1, -0.05) is 0 Å². The summed E-state index contributed by atoms with van der Waals surface area (Å²) in [5.74, 6) is -1.38. The first kappa shape index (κ1) is 19.0. The molecule has 10 heteroatoms. The fourth-order valence-electron chi connectivity index (χ4n) is 0.240. The Labute approximate surface area is 108 Å². The van der Waals surface area contributed by atoms with Crippen LogP contribution in [0.3, 0.4) is 0 Å². The van der Waals surface area contributed by atoms with Crippen LogP contribution in [0.5, 0.6) is 0 Å². The van der Waals surface area contributed by atoms with Crippen molar-refractivity contribution in [2.75, 3.05) is 5.90 Å². The van der Waals surface area contributed by atoms with Crippen molar-refractivity contribution in [3.8, 4) is 0 Å². The fraction of sp³-hybridized carbons (Fsp3) is 1.00. The molecule has 0 unspecified atom stereocenters. The zero-order valence-electron chi connectivity index (χ0n) is 4.21. The van der Waals surface area contributed by atoms with Gasteiger partial charge in [0.2, 0.25) is 0 Å². The van der Waals surface area contributed by atoms with Crippen molar-refractivity contribution in [2.45, 2.75) is 0 Å². The van der Waals surface area contributed by atoms with Crippen LogP contribution >= 0.6 is 15.2 Å². The Morgan fingerprint density at radius 3 is 1.00 bits per heavy atom. The summed E-state index contributed by atoms with van der Waals surface area (Å²) >= 11 is 0. The van der Waals surface area contributed by atoms with Crippen LogP contribution in [0.4, 0.5) is 0 Å². The molecule has 0 saturated carbocycles. The topological polar surface area (TPSA) is 115 Å². The second-order valence-electron chi connectivity index (χ2n) is 1.47. The maximum absolute atomic E-state index is 9.85. The van der Waals surface area contributed by atoms with Crippen LogP contribution in [0.1, 0.15) is 0 Å². The standard InChI is InChI=1S/CH6O6P2.2Na.2H/c2-8(3,4)1-9(5,6)7;;;;/h1H2,(H2,2,3,4)(H2,5,6,7);;;;. The Hall–Kier alpha value is 2.30. The third-order valence-electron chi connectivity index (χ3n) is 0.368. The Morgan fingerprint density at radius 1 is 0.818 bits per heavy atom. The van der Waals surface area contributed by atoms with E-state index in [4.69, 9.17) is 19.6 Å². The van der Waals surface area contributed by atoms with Gasteiger partial charge in [-0.05, 0) is 0 Å². The molecule has 0 aliphatic rings. The summed E-state index contributed by atoms with van der Waals surface area (Å²) in [7, 11) is -9.10. The zero-order chi connectivity index (χ0) is 7.71. The zero-order valence-corrected chi connectivity index (χ0v) is 6.00. The predicted molar refractivity (Wildman–Crippen MR) is 43.3 cm³/mol. The summed E-state index contributed by atoms with van der Waals surface area (Å²) in [5.41, 5.74) is 0. The van der Waals surface area contributed by atoms with E-state index in [2.05, 4.69) is 0 Å². The van der Waals surface area contributed by atoms with Gasteiger partial charge in [0.15, 0.2) is 5.90 Å². The van der Waals surface area contributed by atoms with Gasteiger partial charge in [-0.15, -0.1) is 0 Å². The van der Waals surface area contributed by atoms with E-state index in [0.717, 1.165) is 0 Å². The molecule has 11 heavy (non-hydrogen) atoms. The molecule has 0 aliphatic heterocycles. The van der Waals surface area contributed by atoms with Crippen molar-refractivity contribution < 1.29 is 28.7 Å². The molecule has 0 aliphatic carbocycles. The van der Waals surface area contributed by atoms with Crippen LogP contribution in [0.2, 0.25) is 0 Å². The van der Waals surface area contributed by atoms with Gasteiger partial charge in [-0.3, -0.25) is 9.13 Å². The molecular formula is CH8Na2O6P2. The second-order valence-corrected chi connectivity index (χ2v) is 5.26. The van der Waals surface area contributed by atoms with E-state index in [9.17, 15) is 9.13 Å². The number of rotatable bonds is 2. The first-order chi connectivity index (χ1) is 3.71. The summed E-state index contributed by atoms with van der Waals surface area (Å²) in [5, 5.41) is 0.